The number of rotatable bonds is 6. The van der Waals surface area contributed by atoms with Crippen molar-refractivity contribution in [2.45, 2.75) is 12.7 Å². The summed E-state index contributed by atoms with van der Waals surface area (Å²) in [5.41, 5.74) is 0.769. The van der Waals surface area contributed by atoms with E-state index in [1.807, 2.05) is 0 Å². The second-order valence-corrected chi connectivity index (χ2v) is 5.53. The van der Waals surface area contributed by atoms with Crippen molar-refractivity contribution in [1.82, 2.24) is 15.0 Å². The van der Waals surface area contributed by atoms with Crippen LogP contribution >= 0.6 is 0 Å². The molecule has 7 nitrogen and oxygen atoms in total. The Hall–Kier alpha value is -3.77. The summed E-state index contributed by atoms with van der Waals surface area (Å²) in [5, 5.41) is 5.54. The molecule has 2 aromatic carbocycles. The van der Waals surface area contributed by atoms with E-state index in [9.17, 15) is 26.3 Å². The lowest BCUT2D eigenvalue weighted by Crippen LogP contribution is -2.17. The van der Waals surface area contributed by atoms with Gasteiger partial charge in [0.15, 0.2) is 0 Å². The number of aromatic nitrogens is 3. The standard InChI is InChI=1S/C17H11F6N5O2/c18-16(19,20)29-12-5-1-10(2-6-12)26-14-24-9-25-15(28-14)27-11-3-7-13(8-4-11)30-17(21,22)23/h1-9H,(H2,24,25,26,27,28). The summed E-state index contributed by atoms with van der Waals surface area (Å²) in [6, 6.07) is 9.77. The van der Waals surface area contributed by atoms with E-state index < -0.39 is 12.7 Å². The number of benzene rings is 2. The molecule has 0 saturated carbocycles. The van der Waals surface area contributed by atoms with Crippen molar-refractivity contribution in [3.63, 3.8) is 0 Å². The molecule has 13 heteroatoms. The molecule has 0 aliphatic heterocycles. The van der Waals surface area contributed by atoms with E-state index >= 15 is 0 Å². The molecule has 3 rings (SSSR count). The van der Waals surface area contributed by atoms with Gasteiger partial charge in [-0.3, -0.25) is 0 Å². The second-order valence-electron chi connectivity index (χ2n) is 5.53. The number of hydrogen-bond acceptors (Lipinski definition) is 7. The largest absolute Gasteiger partial charge is 0.573 e. The van der Waals surface area contributed by atoms with Gasteiger partial charge in [0, 0.05) is 11.4 Å². The van der Waals surface area contributed by atoms with E-state index in [0.717, 1.165) is 24.3 Å². The molecule has 158 valence electrons. The predicted molar refractivity (Wildman–Crippen MR) is 92.6 cm³/mol. The first kappa shape index (κ1) is 21.0. The fourth-order valence-electron chi connectivity index (χ4n) is 2.15. The Bertz CT molecular complexity index is 901. The van der Waals surface area contributed by atoms with Crippen LogP contribution in [0.4, 0.5) is 49.6 Å². The van der Waals surface area contributed by atoms with Crippen molar-refractivity contribution < 1.29 is 35.8 Å². The van der Waals surface area contributed by atoms with Crippen LogP contribution < -0.4 is 20.1 Å². The molecule has 0 radical (unpaired) electrons. The van der Waals surface area contributed by atoms with Gasteiger partial charge in [-0.25, -0.2) is 9.97 Å². The second kappa shape index (κ2) is 8.31. The first-order valence-electron chi connectivity index (χ1n) is 8.00. The maximum atomic E-state index is 12.2. The molecule has 0 saturated heterocycles. The molecule has 0 fully saturated rings. The Kier molecular flexibility index (Phi) is 5.80. The van der Waals surface area contributed by atoms with Gasteiger partial charge in [0.05, 0.1) is 0 Å². The van der Waals surface area contributed by atoms with Crippen LogP contribution in [-0.2, 0) is 0 Å². The number of hydrogen-bond donors (Lipinski definition) is 2. The number of nitrogens with one attached hydrogen (secondary N) is 2. The quantitative estimate of drug-likeness (QED) is 0.522. The summed E-state index contributed by atoms with van der Waals surface area (Å²) in [4.78, 5) is 11.8. The summed E-state index contributed by atoms with van der Waals surface area (Å²) < 4.78 is 80.6. The fourth-order valence-corrected chi connectivity index (χ4v) is 2.15. The van der Waals surface area contributed by atoms with Crippen molar-refractivity contribution >= 4 is 23.3 Å². The first-order valence-corrected chi connectivity index (χ1v) is 8.00. The Labute approximate surface area is 164 Å². The molecule has 1 aromatic heterocycles. The van der Waals surface area contributed by atoms with Crippen molar-refractivity contribution in [3.8, 4) is 11.5 Å². The van der Waals surface area contributed by atoms with Crippen LogP contribution in [0.1, 0.15) is 0 Å². The summed E-state index contributed by atoms with van der Waals surface area (Å²) in [5.74, 6) is -0.615. The van der Waals surface area contributed by atoms with Crippen LogP contribution in [0.15, 0.2) is 54.9 Å². The SMILES string of the molecule is FC(F)(F)Oc1ccc(Nc2ncnc(Nc3ccc(OC(F)(F)F)cc3)n2)cc1. The van der Waals surface area contributed by atoms with Gasteiger partial charge in [0.2, 0.25) is 11.9 Å². The van der Waals surface area contributed by atoms with Crippen LogP contribution in [0.25, 0.3) is 0 Å². The maximum absolute atomic E-state index is 12.2. The zero-order valence-electron chi connectivity index (χ0n) is 14.6. The summed E-state index contributed by atoms with van der Waals surface area (Å²) in [6.07, 6.45) is -8.42. The van der Waals surface area contributed by atoms with E-state index in [4.69, 9.17) is 0 Å². The third kappa shape index (κ3) is 6.68. The number of alkyl halides is 6. The van der Waals surface area contributed by atoms with Gasteiger partial charge < -0.3 is 20.1 Å². The molecular weight excluding hydrogens is 420 g/mol. The van der Waals surface area contributed by atoms with Crippen molar-refractivity contribution in [2.75, 3.05) is 10.6 Å². The minimum atomic E-state index is -4.79. The van der Waals surface area contributed by atoms with Gasteiger partial charge in [0.1, 0.15) is 17.8 Å². The Morgan fingerprint density at radius 2 is 0.967 bits per heavy atom. The molecule has 0 amide bonds. The third-order valence-electron chi connectivity index (χ3n) is 3.26. The van der Waals surface area contributed by atoms with E-state index in [1.165, 1.54) is 30.6 Å². The Morgan fingerprint density at radius 3 is 1.30 bits per heavy atom. The van der Waals surface area contributed by atoms with Gasteiger partial charge in [-0.1, -0.05) is 0 Å². The summed E-state index contributed by atoms with van der Waals surface area (Å²) in [7, 11) is 0. The van der Waals surface area contributed by atoms with Crippen LogP contribution in [0, 0.1) is 0 Å². The lowest BCUT2D eigenvalue weighted by Gasteiger charge is -2.11. The number of halogens is 6. The summed E-state index contributed by atoms with van der Waals surface area (Å²) >= 11 is 0. The zero-order valence-corrected chi connectivity index (χ0v) is 14.6. The molecule has 3 aromatic rings. The summed E-state index contributed by atoms with van der Waals surface area (Å²) in [6.45, 7) is 0. The van der Waals surface area contributed by atoms with E-state index in [0.29, 0.717) is 11.4 Å². The van der Waals surface area contributed by atoms with Gasteiger partial charge in [-0.05, 0) is 48.5 Å². The van der Waals surface area contributed by atoms with Crippen LogP contribution in [0.2, 0.25) is 0 Å². The molecule has 30 heavy (non-hydrogen) atoms. The minimum absolute atomic E-state index is 0.0778. The topological polar surface area (TPSA) is 81.2 Å². The Balaban J connectivity index is 1.63. The molecule has 0 spiro atoms. The van der Waals surface area contributed by atoms with Gasteiger partial charge in [-0.15, -0.1) is 26.3 Å². The molecule has 2 N–H and O–H groups in total. The molecule has 0 unspecified atom stereocenters. The highest BCUT2D eigenvalue weighted by Crippen LogP contribution is 2.26. The lowest BCUT2D eigenvalue weighted by atomic mass is 10.3. The van der Waals surface area contributed by atoms with Gasteiger partial charge in [0.25, 0.3) is 0 Å². The van der Waals surface area contributed by atoms with Gasteiger partial charge in [-0.2, -0.15) is 4.98 Å². The predicted octanol–water partition coefficient (Wildman–Crippen LogP) is 5.16. The van der Waals surface area contributed by atoms with Crippen LogP contribution in [0.5, 0.6) is 11.5 Å². The van der Waals surface area contributed by atoms with Crippen LogP contribution in [-0.4, -0.2) is 27.7 Å². The number of nitrogens with zero attached hydrogens (tertiary/aromatic N) is 3. The minimum Gasteiger partial charge on any atom is -0.406 e. The molecular formula is C17H11F6N5O2. The first-order chi connectivity index (χ1) is 14.1. The molecule has 0 bridgehead atoms. The molecule has 0 aliphatic carbocycles. The third-order valence-corrected chi connectivity index (χ3v) is 3.26. The van der Waals surface area contributed by atoms with Crippen molar-refractivity contribution in [1.29, 1.82) is 0 Å². The number of anilines is 4. The van der Waals surface area contributed by atoms with Gasteiger partial charge >= 0.3 is 12.7 Å². The maximum Gasteiger partial charge on any atom is 0.573 e. The fraction of sp³-hybridized carbons (Fsp3) is 0.118. The van der Waals surface area contributed by atoms with E-state index in [-0.39, 0.29) is 23.4 Å². The highest BCUT2D eigenvalue weighted by molar-refractivity contribution is 5.58. The van der Waals surface area contributed by atoms with Crippen LogP contribution in [0.3, 0.4) is 0 Å². The average Bonchev–Trinajstić information content (AvgIpc) is 2.63. The lowest BCUT2D eigenvalue weighted by molar-refractivity contribution is -0.275. The smallest absolute Gasteiger partial charge is 0.406 e. The number of ether oxygens (including phenoxy) is 2. The van der Waals surface area contributed by atoms with Crippen molar-refractivity contribution in [2.24, 2.45) is 0 Å². The highest BCUT2D eigenvalue weighted by Gasteiger charge is 2.31. The molecule has 0 atom stereocenters. The van der Waals surface area contributed by atoms with E-state index in [2.05, 4.69) is 35.1 Å². The zero-order chi connectivity index (χ0) is 21.8. The highest BCUT2D eigenvalue weighted by atomic mass is 19.4. The molecule has 1 heterocycles. The Morgan fingerprint density at radius 1 is 0.600 bits per heavy atom. The normalized spacial score (nSPS) is 11.7. The van der Waals surface area contributed by atoms with Crippen molar-refractivity contribution in [3.05, 3.63) is 54.9 Å². The monoisotopic (exact) mass is 431 g/mol. The van der Waals surface area contributed by atoms with E-state index in [1.54, 1.807) is 0 Å². The average molecular weight is 431 g/mol. The molecule has 0 aliphatic rings.